The number of aromatic nitrogens is 1. The molecule has 1 aromatic heterocycles. The van der Waals surface area contributed by atoms with Crippen molar-refractivity contribution >= 4 is 43.4 Å². The second-order valence-corrected chi connectivity index (χ2v) is 9.08. The van der Waals surface area contributed by atoms with Crippen LogP contribution in [0.4, 0.5) is 5.13 Å². The van der Waals surface area contributed by atoms with Gasteiger partial charge in [-0.25, -0.2) is 4.98 Å². The molecule has 0 saturated carbocycles. The summed E-state index contributed by atoms with van der Waals surface area (Å²) in [6.45, 7) is 4.00. The molecule has 1 amide bonds. The molecule has 1 heterocycles. The fourth-order valence-corrected chi connectivity index (χ4v) is 4.81. The number of nitrogens with zero attached hydrogens (tertiary/aromatic N) is 3. The third kappa shape index (κ3) is 5.10. The third-order valence-electron chi connectivity index (χ3n) is 5.42. The Bertz CT molecular complexity index is 1270. The summed E-state index contributed by atoms with van der Waals surface area (Å²) in [4.78, 5) is 22.6. The number of fused-ring (bicyclic) bond motifs is 2. The van der Waals surface area contributed by atoms with Gasteiger partial charge in [0, 0.05) is 6.54 Å². The summed E-state index contributed by atoms with van der Waals surface area (Å²) >= 11 is 1.50. The van der Waals surface area contributed by atoms with Gasteiger partial charge in [-0.15, -0.1) is 0 Å². The van der Waals surface area contributed by atoms with Crippen LogP contribution in [0.25, 0.3) is 21.0 Å². The lowest BCUT2D eigenvalue weighted by atomic mass is 10.0. The van der Waals surface area contributed by atoms with E-state index in [1.165, 1.54) is 11.3 Å². The van der Waals surface area contributed by atoms with Gasteiger partial charge in [-0.2, -0.15) is 0 Å². The standard InChI is InChI=1S/C26H29N3O3S/c1-5-32-20-11-12-22-24(17-20)33-26(27-22)29(14-8-13-28(2)3)25(30)21-15-18-9-6-7-10-19(18)16-23(21)31-4/h6-7,9-12,15-17H,5,8,13-14H2,1-4H3. The zero-order valence-electron chi connectivity index (χ0n) is 19.5. The van der Waals surface area contributed by atoms with E-state index in [9.17, 15) is 4.79 Å². The highest BCUT2D eigenvalue weighted by Gasteiger charge is 2.24. The molecule has 0 bridgehead atoms. The molecule has 4 aromatic rings. The topological polar surface area (TPSA) is 54.9 Å². The van der Waals surface area contributed by atoms with E-state index in [1.54, 1.807) is 12.0 Å². The lowest BCUT2D eigenvalue weighted by molar-refractivity contribution is 0.0983. The van der Waals surface area contributed by atoms with E-state index >= 15 is 0 Å². The number of benzene rings is 3. The molecule has 0 aliphatic carbocycles. The van der Waals surface area contributed by atoms with Crippen LogP contribution in [0.2, 0.25) is 0 Å². The van der Waals surface area contributed by atoms with Gasteiger partial charge >= 0.3 is 0 Å². The first-order valence-corrected chi connectivity index (χ1v) is 11.9. The van der Waals surface area contributed by atoms with E-state index in [0.29, 0.717) is 29.6 Å². The third-order valence-corrected chi connectivity index (χ3v) is 6.46. The second kappa shape index (κ2) is 10.2. The zero-order chi connectivity index (χ0) is 23.4. The molecule has 0 unspecified atom stereocenters. The maximum absolute atomic E-state index is 13.9. The molecule has 0 saturated heterocycles. The monoisotopic (exact) mass is 463 g/mol. The van der Waals surface area contributed by atoms with Crippen molar-refractivity contribution in [1.29, 1.82) is 0 Å². The number of methoxy groups -OCH3 is 1. The molecular weight excluding hydrogens is 434 g/mol. The fraction of sp³-hybridized carbons (Fsp3) is 0.308. The summed E-state index contributed by atoms with van der Waals surface area (Å²) in [5, 5.41) is 2.71. The molecule has 0 aliphatic heterocycles. The Labute approximate surface area is 198 Å². The SMILES string of the molecule is CCOc1ccc2nc(N(CCCN(C)C)C(=O)c3cc4ccccc4cc3OC)sc2c1. The van der Waals surface area contributed by atoms with Gasteiger partial charge in [0.25, 0.3) is 5.91 Å². The molecule has 0 aliphatic rings. The summed E-state index contributed by atoms with van der Waals surface area (Å²) in [7, 11) is 5.67. The van der Waals surface area contributed by atoms with Crippen LogP contribution in [0.15, 0.2) is 54.6 Å². The maximum atomic E-state index is 13.9. The minimum absolute atomic E-state index is 0.111. The summed E-state index contributed by atoms with van der Waals surface area (Å²) in [6, 6.07) is 17.7. The first-order chi connectivity index (χ1) is 16.0. The van der Waals surface area contributed by atoms with E-state index in [2.05, 4.69) is 4.90 Å². The number of carbonyl (C=O) groups excluding carboxylic acids is 1. The predicted octanol–water partition coefficient (Wildman–Crippen LogP) is 5.46. The molecule has 0 N–H and O–H groups in total. The van der Waals surface area contributed by atoms with E-state index in [1.807, 2.05) is 75.6 Å². The lowest BCUT2D eigenvalue weighted by Gasteiger charge is -2.22. The number of ether oxygens (including phenoxy) is 2. The van der Waals surface area contributed by atoms with Gasteiger partial charge in [0.05, 0.1) is 29.5 Å². The molecule has 0 fully saturated rings. The molecule has 3 aromatic carbocycles. The summed E-state index contributed by atoms with van der Waals surface area (Å²) < 4.78 is 12.2. The Balaban J connectivity index is 1.75. The smallest absolute Gasteiger partial charge is 0.263 e. The summed E-state index contributed by atoms with van der Waals surface area (Å²) in [5.41, 5.74) is 1.39. The van der Waals surface area contributed by atoms with Crippen molar-refractivity contribution in [3.05, 3.63) is 60.2 Å². The highest BCUT2D eigenvalue weighted by atomic mass is 32.1. The van der Waals surface area contributed by atoms with E-state index < -0.39 is 0 Å². The largest absolute Gasteiger partial charge is 0.496 e. The highest BCUT2D eigenvalue weighted by Crippen LogP contribution is 2.34. The number of rotatable bonds is 9. The Hall–Kier alpha value is -3.16. The quantitative estimate of drug-likeness (QED) is 0.330. The van der Waals surface area contributed by atoms with Crippen LogP contribution in [0.5, 0.6) is 11.5 Å². The van der Waals surface area contributed by atoms with Crippen LogP contribution in [-0.4, -0.2) is 56.7 Å². The Kier molecular flexibility index (Phi) is 7.11. The normalized spacial score (nSPS) is 11.3. The number of anilines is 1. The van der Waals surface area contributed by atoms with Crippen molar-refractivity contribution in [3.63, 3.8) is 0 Å². The Morgan fingerprint density at radius 1 is 1.03 bits per heavy atom. The van der Waals surface area contributed by atoms with Gasteiger partial charge in [-0.1, -0.05) is 35.6 Å². The van der Waals surface area contributed by atoms with Gasteiger partial charge in [0.15, 0.2) is 5.13 Å². The predicted molar refractivity (Wildman–Crippen MR) is 136 cm³/mol. The molecule has 4 rings (SSSR count). The van der Waals surface area contributed by atoms with E-state index in [0.717, 1.165) is 39.7 Å². The molecule has 33 heavy (non-hydrogen) atoms. The van der Waals surface area contributed by atoms with Gasteiger partial charge in [0.2, 0.25) is 0 Å². The lowest BCUT2D eigenvalue weighted by Crippen LogP contribution is -2.33. The fourth-order valence-electron chi connectivity index (χ4n) is 3.79. The molecule has 0 spiro atoms. The minimum atomic E-state index is -0.111. The number of amides is 1. The first kappa shape index (κ1) is 23.0. The van der Waals surface area contributed by atoms with Crippen molar-refractivity contribution in [1.82, 2.24) is 9.88 Å². The second-order valence-electron chi connectivity index (χ2n) is 8.07. The molecular formula is C26H29N3O3S. The molecule has 6 nitrogen and oxygen atoms in total. The molecule has 0 atom stereocenters. The Morgan fingerprint density at radius 2 is 1.79 bits per heavy atom. The van der Waals surface area contributed by atoms with Crippen molar-refractivity contribution in [2.24, 2.45) is 0 Å². The van der Waals surface area contributed by atoms with Crippen LogP contribution >= 0.6 is 11.3 Å². The number of thiazole rings is 1. The summed E-state index contributed by atoms with van der Waals surface area (Å²) in [5.74, 6) is 1.26. The summed E-state index contributed by atoms with van der Waals surface area (Å²) in [6.07, 6.45) is 0.828. The average molecular weight is 464 g/mol. The highest BCUT2D eigenvalue weighted by molar-refractivity contribution is 7.22. The van der Waals surface area contributed by atoms with Crippen LogP contribution in [0.1, 0.15) is 23.7 Å². The average Bonchev–Trinajstić information content (AvgIpc) is 3.23. The van der Waals surface area contributed by atoms with Crippen LogP contribution in [0.3, 0.4) is 0 Å². The van der Waals surface area contributed by atoms with Crippen molar-refractivity contribution in [2.75, 3.05) is 45.8 Å². The van der Waals surface area contributed by atoms with Crippen molar-refractivity contribution in [3.8, 4) is 11.5 Å². The van der Waals surface area contributed by atoms with Crippen LogP contribution in [0, 0.1) is 0 Å². The van der Waals surface area contributed by atoms with Crippen LogP contribution < -0.4 is 14.4 Å². The number of hydrogen-bond acceptors (Lipinski definition) is 6. The molecule has 172 valence electrons. The van der Waals surface area contributed by atoms with Crippen LogP contribution in [-0.2, 0) is 0 Å². The number of carbonyl (C=O) groups is 1. The van der Waals surface area contributed by atoms with E-state index in [4.69, 9.17) is 14.5 Å². The van der Waals surface area contributed by atoms with Gasteiger partial charge in [0.1, 0.15) is 11.5 Å². The van der Waals surface area contributed by atoms with Gasteiger partial charge in [-0.05, 0) is 75.1 Å². The van der Waals surface area contributed by atoms with Crippen molar-refractivity contribution in [2.45, 2.75) is 13.3 Å². The maximum Gasteiger partial charge on any atom is 0.263 e. The van der Waals surface area contributed by atoms with Gasteiger partial charge in [-0.3, -0.25) is 9.69 Å². The zero-order valence-corrected chi connectivity index (χ0v) is 20.3. The number of hydrogen-bond donors (Lipinski definition) is 0. The van der Waals surface area contributed by atoms with Gasteiger partial charge < -0.3 is 14.4 Å². The van der Waals surface area contributed by atoms with E-state index in [-0.39, 0.29) is 5.91 Å². The minimum Gasteiger partial charge on any atom is -0.496 e. The molecule has 7 heteroatoms. The van der Waals surface area contributed by atoms with Crippen molar-refractivity contribution < 1.29 is 14.3 Å². The first-order valence-electron chi connectivity index (χ1n) is 11.1. The molecule has 0 radical (unpaired) electrons. The Morgan fingerprint density at radius 3 is 2.48 bits per heavy atom.